The highest BCUT2D eigenvalue weighted by Gasteiger charge is 2.18. The summed E-state index contributed by atoms with van der Waals surface area (Å²) in [6.07, 6.45) is 0.0974. The third kappa shape index (κ3) is 7.88. The number of carbonyl (C=O) groups is 1. The van der Waals surface area contributed by atoms with Gasteiger partial charge in [0.2, 0.25) is 0 Å². The van der Waals surface area contributed by atoms with E-state index in [4.69, 9.17) is 4.74 Å². The monoisotopic (exact) mass is 471 g/mol. The van der Waals surface area contributed by atoms with Crippen LogP contribution in [-0.2, 0) is 6.42 Å². The minimum Gasteiger partial charge on any atom is -0.490 e. The van der Waals surface area contributed by atoms with E-state index >= 15 is 0 Å². The van der Waals surface area contributed by atoms with Crippen molar-refractivity contribution in [2.45, 2.75) is 38.8 Å². The number of nitrogens with zero attached hydrogens (tertiary/aromatic N) is 1. The summed E-state index contributed by atoms with van der Waals surface area (Å²) in [5.74, 6) is 0.125. The molecule has 0 fully saturated rings. The zero-order chi connectivity index (χ0) is 22.9. The lowest BCUT2D eigenvalue weighted by molar-refractivity contribution is 0.0957. The van der Waals surface area contributed by atoms with Gasteiger partial charge in [0.05, 0.1) is 5.56 Å². The fourth-order valence-electron chi connectivity index (χ4n) is 3.57. The highest BCUT2D eigenvalue weighted by atomic mass is 35.5. The number of aryl methyl sites for hydroxylation is 1. The number of anilines is 1. The van der Waals surface area contributed by atoms with E-state index in [2.05, 4.69) is 18.7 Å². The molecule has 0 aromatic heterocycles. The maximum atomic E-state index is 13.1. The van der Waals surface area contributed by atoms with Crippen LogP contribution in [0.25, 0.3) is 0 Å². The van der Waals surface area contributed by atoms with Crippen molar-refractivity contribution in [1.29, 1.82) is 0 Å². The minimum absolute atomic E-state index is 0. The highest BCUT2D eigenvalue weighted by molar-refractivity contribution is 5.98. The first-order valence-electron chi connectivity index (χ1n) is 10.9. The zero-order valence-electron chi connectivity index (χ0n) is 19.0. The maximum absolute atomic E-state index is 13.1. The molecule has 6 heteroatoms. The Morgan fingerprint density at radius 2 is 1.61 bits per heavy atom. The van der Waals surface area contributed by atoms with Gasteiger partial charge in [-0.2, -0.15) is 0 Å². The molecular formula is C27H31ClFNO3. The van der Waals surface area contributed by atoms with Crippen LogP contribution in [0.3, 0.4) is 0 Å². The number of ether oxygens (including phenoxy) is 1. The molecule has 176 valence electrons. The molecule has 4 nitrogen and oxygen atoms in total. The molecule has 3 rings (SSSR count). The molecule has 0 aliphatic rings. The summed E-state index contributed by atoms with van der Waals surface area (Å²) in [6, 6.07) is 23.4. The topological polar surface area (TPSA) is 49.8 Å². The van der Waals surface area contributed by atoms with Crippen molar-refractivity contribution in [2.24, 2.45) is 0 Å². The van der Waals surface area contributed by atoms with Gasteiger partial charge in [-0.3, -0.25) is 4.79 Å². The number of aliphatic hydroxyl groups is 1. The van der Waals surface area contributed by atoms with Gasteiger partial charge in [0, 0.05) is 24.7 Å². The van der Waals surface area contributed by atoms with E-state index in [1.54, 1.807) is 30.3 Å². The molecule has 3 aromatic carbocycles. The van der Waals surface area contributed by atoms with Crippen LogP contribution in [0.2, 0.25) is 0 Å². The minimum atomic E-state index is -0.722. The second-order valence-electron chi connectivity index (χ2n) is 8.09. The Balaban J connectivity index is 0.00000385. The van der Waals surface area contributed by atoms with Gasteiger partial charge in [-0.05, 0) is 62.2 Å². The zero-order valence-corrected chi connectivity index (χ0v) is 19.8. The van der Waals surface area contributed by atoms with Crippen LogP contribution in [0.15, 0.2) is 78.9 Å². The number of ketones is 1. The Bertz CT molecular complexity index is 996. The molecule has 0 heterocycles. The van der Waals surface area contributed by atoms with Crippen molar-refractivity contribution in [3.63, 3.8) is 0 Å². The molecule has 0 saturated heterocycles. The molecule has 0 aliphatic heterocycles. The molecule has 1 N–H and O–H groups in total. The molecular weight excluding hydrogens is 441 g/mol. The summed E-state index contributed by atoms with van der Waals surface area (Å²) in [6.45, 7) is 4.66. The number of para-hydroxylation sites is 2. The molecule has 33 heavy (non-hydrogen) atoms. The largest absolute Gasteiger partial charge is 0.490 e. The van der Waals surface area contributed by atoms with Crippen LogP contribution in [0.1, 0.15) is 36.2 Å². The number of carbonyl (C=O) groups excluding carboxylic acids is 1. The number of halogens is 2. The van der Waals surface area contributed by atoms with E-state index in [1.807, 2.05) is 36.4 Å². The van der Waals surface area contributed by atoms with Gasteiger partial charge in [0.25, 0.3) is 0 Å². The molecule has 0 saturated carbocycles. The van der Waals surface area contributed by atoms with Crippen LogP contribution in [0.5, 0.6) is 5.75 Å². The third-order valence-electron chi connectivity index (χ3n) is 5.29. The van der Waals surface area contributed by atoms with Gasteiger partial charge in [-0.25, -0.2) is 4.39 Å². The Labute approximate surface area is 201 Å². The van der Waals surface area contributed by atoms with Crippen molar-refractivity contribution in [3.8, 4) is 5.75 Å². The van der Waals surface area contributed by atoms with Crippen molar-refractivity contribution in [1.82, 2.24) is 0 Å². The predicted octanol–water partition coefficient (Wildman–Crippen LogP) is 5.72. The van der Waals surface area contributed by atoms with E-state index in [-0.39, 0.29) is 36.7 Å². The summed E-state index contributed by atoms with van der Waals surface area (Å²) < 4.78 is 18.9. The van der Waals surface area contributed by atoms with Gasteiger partial charge in [-0.1, -0.05) is 42.5 Å². The average Bonchev–Trinajstić information content (AvgIpc) is 2.81. The van der Waals surface area contributed by atoms with E-state index < -0.39 is 6.10 Å². The van der Waals surface area contributed by atoms with Gasteiger partial charge in [-0.15, -0.1) is 12.4 Å². The van der Waals surface area contributed by atoms with Crippen molar-refractivity contribution in [3.05, 3.63) is 95.8 Å². The second kappa shape index (κ2) is 13.0. The maximum Gasteiger partial charge on any atom is 0.166 e. The lowest BCUT2D eigenvalue weighted by Gasteiger charge is -2.31. The molecule has 0 bridgehead atoms. The Kier molecular flexibility index (Phi) is 10.4. The summed E-state index contributed by atoms with van der Waals surface area (Å²) in [5, 5.41) is 10.6. The summed E-state index contributed by atoms with van der Waals surface area (Å²) in [7, 11) is 0. The van der Waals surface area contributed by atoms with Crippen LogP contribution >= 0.6 is 12.4 Å². The lowest BCUT2D eigenvalue weighted by atomic mass is 10.0. The number of aliphatic hydroxyl groups excluding tert-OH is 1. The van der Waals surface area contributed by atoms with Gasteiger partial charge < -0.3 is 14.7 Å². The van der Waals surface area contributed by atoms with Crippen LogP contribution < -0.4 is 9.64 Å². The molecule has 1 unspecified atom stereocenters. The van der Waals surface area contributed by atoms with Crippen molar-refractivity contribution >= 4 is 23.9 Å². The number of rotatable bonds is 11. The Morgan fingerprint density at radius 1 is 0.970 bits per heavy atom. The quantitative estimate of drug-likeness (QED) is 0.363. The van der Waals surface area contributed by atoms with Gasteiger partial charge in [0.15, 0.2) is 5.78 Å². The first kappa shape index (κ1) is 26.4. The molecule has 0 aliphatic carbocycles. The third-order valence-corrected chi connectivity index (χ3v) is 5.29. The standard InChI is InChI=1S/C27H30FNO3.ClH/c1-20(2)29(23-8-4-3-5-9-23)18-24(30)19-32-27-11-7-6-10-25(27)26(31)17-14-21-12-15-22(28)16-13-21;/h3-13,15-16,20,24,30H,14,17-19H2,1-2H3;1H. The predicted molar refractivity (Wildman–Crippen MR) is 133 cm³/mol. The Hall–Kier alpha value is -2.89. The summed E-state index contributed by atoms with van der Waals surface area (Å²) in [5.41, 5.74) is 2.44. The first-order chi connectivity index (χ1) is 15.4. The van der Waals surface area contributed by atoms with E-state index in [9.17, 15) is 14.3 Å². The number of benzene rings is 3. The molecule has 0 radical (unpaired) electrons. The number of Topliss-reactive ketones (excluding diaryl/α,β-unsaturated/α-hetero) is 1. The highest BCUT2D eigenvalue weighted by Crippen LogP contribution is 2.22. The summed E-state index contributed by atoms with van der Waals surface area (Å²) in [4.78, 5) is 14.9. The van der Waals surface area contributed by atoms with Crippen LogP contribution in [0.4, 0.5) is 10.1 Å². The first-order valence-corrected chi connectivity index (χ1v) is 10.9. The average molecular weight is 472 g/mol. The van der Waals surface area contributed by atoms with Gasteiger partial charge >= 0.3 is 0 Å². The van der Waals surface area contributed by atoms with Crippen molar-refractivity contribution < 1.29 is 19.0 Å². The number of hydrogen-bond donors (Lipinski definition) is 1. The van der Waals surface area contributed by atoms with E-state index in [1.165, 1.54) is 12.1 Å². The normalized spacial score (nSPS) is 11.5. The van der Waals surface area contributed by atoms with E-state index in [0.717, 1.165) is 11.3 Å². The molecule has 3 aromatic rings. The molecule has 0 spiro atoms. The SMILES string of the molecule is CC(C)N(CC(O)COc1ccccc1C(=O)CCc1ccc(F)cc1)c1ccccc1.Cl. The van der Waals surface area contributed by atoms with Crippen LogP contribution in [0, 0.1) is 5.82 Å². The van der Waals surface area contributed by atoms with E-state index in [0.29, 0.717) is 30.7 Å². The fraction of sp³-hybridized carbons (Fsp3) is 0.296. The molecule has 0 amide bonds. The smallest absolute Gasteiger partial charge is 0.166 e. The molecule has 1 atom stereocenters. The van der Waals surface area contributed by atoms with Crippen molar-refractivity contribution in [2.75, 3.05) is 18.1 Å². The van der Waals surface area contributed by atoms with Gasteiger partial charge in [0.1, 0.15) is 24.3 Å². The second-order valence-corrected chi connectivity index (χ2v) is 8.09. The Morgan fingerprint density at radius 3 is 2.27 bits per heavy atom. The number of hydrogen-bond acceptors (Lipinski definition) is 4. The lowest BCUT2D eigenvalue weighted by Crippen LogP contribution is -2.40. The summed E-state index contributed by atoms with van der Waals surface area (Å²) >= 11 is 0. The van der Waals surface area contributed by atoms with Crippen LogP contribution in [-0.4, -0.2) is 36.2 Å². The fourth-order valence-corrected chi connectivity index (χ4v) is 3.57.